The molecule has 0 aliphatic carbocycles. The Morgan fingerprint density at radius 1 is 1.04 bits per heavy atom. The number of hydrogen-bond donors (Lipinski definition) is 1. The lowest BCUT2D eigenvalue weighted by Gasteiger charge is -2.13. The lowest BCUT2D eigenvalue weighted by atomic mass is 10.0. The number of aromatic nitrogens is 3. The number of fused-ring (bicyclic) bond motifs is 3. The maximum Gasteiger partial charge on any atom is 0.267 e. The molecule has 2 aromatic carbocycles. The second-order valence-electron chi connectivity index (χ2n) is 6.28. The fourth-order valence-corrected chi connectivity index (χ4v) is 3.56. The van der Waals surface area contributed by atoms with E-state index >= 15 is 0 Å². The molecule has 8 heteroatoms. The van der Waals surface area contributed by atoms with Crippen molar-refractivity contribution in [3.05, 3.63) is 76.7 Å². The minimum absolute atomic E-state index is 0.183. The fraction of sp³-hybridized carbons (Fsp3) is 0. The average molecular weight is 393 g/mol. The number of carbonyl (C=O) groups is 2. The first-order valence-corrected chi connectivity index (χ1v) is 8.70. The van der Waals surface area contributed by atoms with Gasteiger partial charge in [-0.2, -0.15) is 5.10 Å². The molecule has 136 valence electrons. The summed E-state index contributed by atoms with van der Waals surface area (Å²) in [7, 11) is 0. The molecule has 0 fully saturated rings. The third kappa shape index (κ3) is 2.33. The van der Waals surface area contributed by atoms with Gasteiger partial charge in [0.2, 0.25) is 0 Å². The summed E-state index contributed by atoms with van der Waals surface area (Å²) in [5.41, 5.74) is 2.19. The summed E-state index contributed by atoms with van der Waals surface area (Å²) in [5, 5.41) is 7.81. The van der Waals surface area contributed by atoms with Crippen molar-refractivity contribution < 1.29 is 14.0 Å². The van der Waals surface area contributed by atoms with E-state index in [2.05, 4.69) is 15.2 Å². The molecule has 5 rings (SSSR count). The highest BCUT2D eigenvalue weighted by Gasteiger charge is 2.40. The number of rotatable bonds is 2. The maximum absolute atomic E-state index is 13.3. The van der Waals surface area contributed by atoms with Gasteiger partial charge in [-0.15, -0.1) is 0 Å². The van der Waals surface area contributed by atoms with Gasteiger partial charge in [0.25, 0.3) is 11.8 Å². The van der Waals surface area contributed by atoms with Crippen LogP contribution in [0.1, 0.15) is 20.7 Å². The predicted octanol–water partition coefficient (Wildman–Crippen LogP) is 4.22. The molecule has 0 bridgehead atoms. The molecule has 28 heavy (non-hydrogen) atoms. The van der Waals surface area contributed by atoms with Crippen LogP contribution in [-0.4, -0.2) is 27.0 Å². The molecule has 1 N–H and O–H groups in total. The zero-order valence-electron chi connectivity index (χ0n) is 14.1. The maximum atomic E-state index is 13.3. The van der Waals surface area contributed by atoms with Gasteiger partial charge in [0, 0.05) is 16.8 Å². The number of nitrogens with one attached hydrogen (secondary N) is 1. The standard InChI is InChI=1S/C20H10ClFN4O2/c21-11-2-1-3-13(8-11)26-19(27)14-9-23-18-16(15(14)20(26)28)17(24-25-18)10-4-6-12(22)7-5-10/h1-9H,(H,23,24,25). The van der Waals surface area contributed by atoms with Crippen LogP contribution < -0.4 is 4.90 Å². The van der Waals surface area contributed by atoms with E-state index in [4.69, 9.17) is 11.6 Å². The summed E-state index contributed by atoms with van der Waals surface area (Å²) in [6.45, 7) is 0. The highest BCUT2D eigenvalue weighted by molar-refractivity contribution is 6.38. The molecule has 0 saturated heterocycles. The number of benzene rings is 2. The number of anilines is 1. The number of amides is 2. The Bertz CT molecular complexity index is 1280. The Kier molecular flexibility index (Phi) is 3.53. The summed E-state index contributed by atoms with van der Waals surface area (Å²) in [5.74, 6) is -1.35. The first-order chi connectivity index (χ1) is 13.5. The Morgan fingerprint density at radius 3 is 2.57 bits per heavy atom. The third-order valence-corrected chi connectivity index (χ3v) is 4.87. The van der Waals surface area contributed by atoms with Crippen LogP contribution in [0, 0.1) is 5.82 Å². The molecule has 0 atom stereocenters. The fourth-order valence-electron chi connectivity index (χ4n) is 3.37. The highest BCUT2D eigenvalue weighted by Crippen LogP contribution is 2.36. The van der Waals surface area contributed by atoms with Crippen molar-refractivity contribution in [2.75, 3.05) is 4.90 Å². The molecule has 1 aliphatic heterocycles. The summed E-state index contributed by atoms with van der Waals surface area (Å²) in [6.07, 6.45) is 1.34. The van der Waals surface area contributed by atoms with Crippen LogP contribution in [-0.2, 0) is 0 Å². The van der Waals surface area contributed by atoms with Crippen molar-refractivity contribution in [1.82, 2.24) is 15.2 Å². The van der Waals surface area contributed by atoms with Crippen LogP contribution in [0.4, 0.5) is 10.1 Å². The van der Waals surface area contributed by atoms with Gasteiger partial charge in [-0.1, -0.05) is 17.7 Å². The Balaban J connectivity index is 1.73. The van der Waals surface area contributed by atoms with Gasteiger partial charge in [0.1, 0.15) is 5.82 Å². The van der Waals surface area contributed by atoms with Gasteiger partial charge in [0.05, 0.1) is 27.9 Å². The van der Waals surface area contributed by atoms with Crippen molar-refractivity contribution in [2.24, 2.45) is 0 Å². The van der Waals surface area contributed by atoms with E-state index in [-0.39, 0.29) is 16.9 Å². The van der Waals surface area contributed by atoms with E-state index in [1.165, 1.54) is 18.3 Å². The van der Waals surface area contributed by atoms with E-state index in [9.17, 15) is 14.0 Å². The van der Waals surface area contributed by atoms with Crippen LogP contribution in [0.2, 0.25) is 5.02 Å². The van der Waals surface area contributed by atoms with E-state index < -0.39 is 11.8 Å². The number of H-pyrrole nitrogens is 1. The Labute approximate surface area is 162 Å². The molecule has 4 aromatic rings. The molecular formula is C20H10ClFN4O2. The molecule has 0 unspecified atom stereocenters. The van der Waals surface area contributed by atoms with Gasteiger partial charge in [0.15, 0.2) is 5.65 Å². The minimum Gasteiger partial charge on any atom is -0.275 e. The smallest absolute Gasteiger partial charge is 0.267 e. The van der Waals surface area contributed by atoms with Crippen molar-refractivity contribution in [1.29, 1.82) is 0 Å². The topological polar surface area (TPSA) is 79.0 Å². The third-order valence-electron chi connectivity index (χ3n) is 4.63. The molecule has 6 nitrogen and oxygen atoms in total. The largest absolute Gasteiger partial charge is 0.275 e. The molecule has 0 radical (unpaired) electrons. The second-order valence-corrected chi connectivity index (χ2v) is 6.71. The normalized spacial score (nSPS) is 13.4. The van der Waals surface area contributed by atoms with Crippen molar-refractivity contribution in [3.63, 3.8) is 0 Å². The number of carbonyl (C=O) groups excluding carboxylic acids is 2. The van der Waals surface area contributed by atoms with E-state index in [1.807, 2.05) is 0 Å². The molecule has 2 aromatic heterocycles. The van der Waals surface area contributed by atoms with Crippen LogP contribution in [0.25, 0.3) is 22.3 Å². The summed E-state index contributed by atoms with van der Waals surface area (Å²) < 4.78 is 13.3. The quantitative estimate of drug-likeness (QED) is 0.518. The predicted molar refractivity (Wildman–Crippen MR) is 102 cm³/mol. The molecule has 0 spiro atoms. The Morgan fingerprint density at radius 2 is 1.82 bits per heavy atom. The monoisotopic (exact) mass is 392 g/mol. The van der Waals surface area contributed by atoms with Gasteiger partial charge < -0.3 is 0 Å². The summed E-state index contributed by atoms with van der Waals surface area (Å²) in [6, 6.07) is 12.3. The van der Waals surface area contributed by atoms with Crippen molar-refractivity contribution in [2.45, 2.75) is 0 Å². The first kappa shape index (κ1) is 16.6. The van der Waals surface area contributed by atoms with E-state index in [0.29, 0.717) is 33.0 Å². The molecular weight excluding hydrogens is 383 g/mol. The molecule has 1 aliphatic rings. The number of pyridine rings is 1. The number of nitrogens with zero attached hydrogens (tertiary/aromatic N) is 3. The molecule has 0 saturated carbocycles. The zero-order valence-corrected chi connectivity index (χ0v) is 14.9. The number of imide groups is 1. The zero-order chi connectivity index (χ0) is 19.4. The van der Waals surface area contributed by atoms with Crippen molar-refractivity contribution >= 4 is 40.1 Å². The van der Waals surface area contributed by atoms with Crippen LogP contribution >= 0.6 is 11.6 Å². The second kappa shape index (κ2) is 5.97. The lowest BCUT2D eigenvalue weighted by Crippen LogP contribution is -2.29. The molecule has 3 heterocycles. The van der Waals surface area contributed by atoms with Crippen LogP contribution in [0.3, 0.4) is 0 Å². The van der Waals surface area contributed by atoms with E-state index in [1.54, 1.807) is 36.4 Å². The molecule has 2 amide bonds. The van der Waals surface area contributed by atoms with Crippen LogP contribution in [0.15, 0.2) is 54.7 Å². The summed E-state index contributed by atoms with van der Waals surface area (Å²) >= 11 is 6.02. The lowest BCUT2D eigenvalue weighted by molar-refractivity contribution is 0.0926. The minimum atomic E-state index is -0.487. The summed E-state index contributed by atoms with van der Waals surface area (Å²) in [4.78, 5) is 31.4. The number of halogens is 2. The van der Waals surface area contributed by atoms with Gasteiger partial charge in [-0.3, -0.25) is 14.7 Å². The van der Waals surface area contributed by atoms with Crippen LogP contribution in [0.5, 0.6) is 0 Å². The van der Waals surface area contributed by atoms with Gasteiger partial charge in [-0.25, -0.2) is 14.3 Å². The van der Waals surface area contributed by atoms with Gasteiger partial charge in [-0.05, 0) is 42.5 Å². The van der Waals surface area contributed by atoms with E-state index in [0.717, 1.165) is 4.90 Å². The Hall–Kier alpha value is -3.58. The first-order valence-electron chi connectivity index (χ1n) is 8.32. The highest BCUT2D eigenvalue weighted by atomic mass is 35.5. The van der Waals surface area contributed by atoms with Gasteiger partial charge >= 0.3 is 0 Å². The number of hydrogen-bond acceptors (Lipinski definition) is 4. The van der Waals surface area contributed by atoms with Crippen molar-refractivity contribution in [3.8, 4) is 11.3 Å². The average Bonchev–Trinajstić information content (AvgIpc) is 3.22. The SMILES string of the molecule is O=C1c2cnc3n[nH]c(-c4ccc(F)cc4)c3c2C(=O)N1c1cccc(Cl)c1. The number of aromatic amines is 1.